The second-order valence-electron chi connectivity index (χ2n) is 3.51. The summed E-state index contributed by atoms with van der Waals surface area (Å²) in [5.74, 6) is 0.595. The van der Waals surface area contributed by atoms with Crippen molar-refractivity contribution in [1.29, 1.82) is 0 Å². The number of pyridine rings is 1. The predicted octanol–water partition coefficient (Wildman–Crippen LogP) is 1.62. The number of likely N-dealkylation sites (N-methyl/N-ethyl adjacent to an activating group) is 1. The van der Waals surface area contributed by atoms with Crippen LogP contribution in [0.3, 0.4) is 0 Å². The molecular formula is C11H14N4S. The van der Waals surface area contributed by atoms with E-state index in [4.69, 9.17) is 5.73 Å². The highest BCUT2D eigenvalue weighted by molar-refractivity contribution is 7.07. The van der Waals surface area contributed by atoms with Gasteiger partial charge in [-0.3, -0.25) is 0 Å². The number of nitrogens with two attached hydrogens (primary N) is 1. The van der Waals surface area contributed by atoms with Crippen molar-refractivity contribution in [3.8, 4) is 0 Å². The topological polar surface area (TPSA) is 63.8 Å². The van der Waals surface area contributed by atoms with Crippen LogP contribution in [0.15, 0.2) is 29.2 Å². The van der Waals surface area contributed by atoms with Crippen LogP contribution >= 0.6 is 11.3 Å². The first kappa shape index (κ1) is 11.0. The minimum Gasteiger partial charge on any atom is -0.383 e. The Kier molecular flexibility index (Phi) is 3.48. The standard InChI is InChI=1S/C11H14N4S/c1-13-9(10-6-16-7-15-10)5-8-3-2-4-14-11(8)12/h2-4,6-7,9,13H,5H2,1H3,(H2,12,14). The van der Waals surface area contributed by atoms with E-state index >= 15 is 0 Å². The second-order valence-corrected chi connectivity index (χ2v) is 4.23. The van der Waals surface area contributed by atoms with Gasteiger partial charge in [-0.1, -0.05) is 6.07 Å². The van der Waals surface area contributed by atoms with Crippen molar-refractivity contribution in [1.82, 2.24) is 15.3 Å². The number of hydrogen-bond donors (Lipinski definition) is 2. The van der Waals surface area contributed by atoms with Gasteiger partial charge in [-0.2, -0.15) is 0 Å². The third-order valence-corrected chi connectivity index (χ3v) is 3.11. The maximum Gasteiger partial charge on any atom is 0.126 e. The maximum atomic E-state index is 5.82. The number of nitrogen functional groups attached to an aromatic ring is 1. The van der Waals surface area contributed by atoms with E-state index in [1.165, 1.54) is 0 Å². The molecule has 3 N–H and O–H groups in total. The van der Waals surface area contributed by atoms with Crippen molar-refractivity contribution in [3.63, 3.8) is 0 Å². The van der Waals surface area contributed by atoms with Crippen LogP contribution in [0.5, 0.6) is 0 Å². The van der Waals surface area contributed by atoms with Gasteiger partial charge in [0.25, 0.3) is 0 Å². The van der Waals surface area contributed by atoms with Crippen molar-refractivity contribution in [2.75, 3.05) is 12.8 Å². The molecule has 0 radical (unpaired) electrons. The fourth-order valence-corrected chi connectivity index (χ4v) is 2.20. The number of anilines is 1. The highest BCUT2D eigenvalue weighted by Crippen LogP contribution is 2.20. The van der Waals surface area contributed by atoms with Crippen LogP contribution < -0.4 is 11.1 Å². The molecule has 0 fully saturated rings. The Morgan fingerprint density at radius 3 is 3.00 bits per heavy atom. The van der Waals surface area contributed by atoms with Gasteiger partial charge in [0.15, 0.2) is 0 Å². The molecule has 2 rings (SSSR count). The number of rotatable bonds is 4. The van der Waals surface area contributed by atoms with E-state index in [-0.39, 0.29) is 6.04 Å². The lowest BCUT2D eigenvalue weighted by Crippen LogP contribution is -2.19. The van der Waals surface area contributed by atoms with Crippen LogP contribution in [0.4, 0.5) is 5.82 Å². The van der Waals surface area contributed by atoms with Gasteiger partial charge in [-0.15, -0.1) is 11.3 Å². The van der Waals surface area contributed by atoms with Crippen LogP contribution in [-0.4, -0.2) is 17.0 Å². The summed E-state index contributed by atoms with van der Waals surface area (Å²) in [4.78, 5) is 8.39. The van der Waals surface area contributed by atoms with Crippen LogP contribution in [0, 0.1) is 0 Å². The van der Waals surface area contributed by atoms with Crippen LogP contribution in [0.1, 0.15) is 17.3 Å². The molecule has 1 atom stereocenters. The zero-order valence-corrected chi connectivity index (χ0v) is 9.87. The molecule has 0 saturated heterocycles. The van der Waals surface area contributed by atoms with Gasteiger partial charge in [0.05, 0.1) is 17.2 Å². The summed E-state index contributed by atoms with van der Waals surface area (Å²) in [6, 6.07) is 4.09. The monoisotopic (exact) mass is 234 g/mol. The Bertz CT molecular complexity index is 441. The predicted molar refractivity (Wildman–Crippen MR) is 66.3 cm³/mol. The number of nitrogens with one attached hydrogen (secondary N) is 1. The molecule has 16 heavy (non-hydrogen) atoms. The number of aromatic nitrogens is 2. The molecule has 2 heterocycles. The fraction of sp³-hybridized carbons (Fsp3) is 0.273. The van der Waals surface area contributed by atoms with Gasteiger partial charge >= 0.3 is 0 Å². The molecule has 1 unspecified atom stereocenters. The SMILES string of the molecule is CNC(Cc1cccnc1N)c1cscn1. The molecule has 0 aliphatic rings. The van der Waals surface area contributed by atoms with Crippen LogP contribution in [0.2, 0.25) is 0 Å². The third-order valence-electron chi connectivity index (χ3n) is 2.51. The summed E-state index contributed by atoms with van der Waals surface area (Å²) in [7, 11) is 1.93. The molecule has 5 heteroatoms. The van der Waals surface area contributed by atoms with E-state index in [1.807, 2.05) is 30.1 Å². The molecule has 0 aliphatic carbocycles. The average Bonchev–Trinajstić information content (AvgIpc) is 2.81. The van der Waals surface area contributed by atoms with E-state index in [9.17, 15) is 0 Å². The molecule has 0 spiro atoms. The van der Waals surface area contributed by atoms with Crippen LogP contribution in [0.25, 0.3) is 0 Å². The summed E-state index contributed by atoms with van der Waals surface area (Å²) < 4.78 is 0. The second kappa shape index (κ2) is 5.05. The van der Waals surface area contributed by atoms with Gasteiger partial charge in [0.2, 0.25) is 0 Å². The van der Waals surface area contributed by atoms with Crippen molar-refractivity contribution < 1.29 is 0 Å². The lowest BCUT2D eigenvalue weighted by Gasteiger charge is -2.14. The Labute approximate surface area is 98.6 Å². The zero-order chi connectivity index (χ0) is 11.4. The molecule has 4 nitrogen and oxygen atoms in total. The first-order valence-corrected chi connectivity index (χ1v) is 6.00. The smallest absolute Gasteiger partial charge is 0.126 e. The van der Waals surface area contributed by atoms with Gasteiger partial charge < -0.3 is 11.1 Å². The molecule has 0 saturated carbocycles. The van der Waals surface area contributed by atoms with E-state index in [0.29, 0.717) is 5.82 Å². The van der Waals surface area contributed by atoms with E-state index in [1.54, 1.807) is 17.5 Å². The largest absolute Gasteiger partial charge is 0.383 e. The molecular weight excluding hydrogens is 220 g/mol. The lowest BCUT2D eigenvalue weighted by atomic mass is 10.1. The highest BCUT2D eigenvalue weighted by atomic mass is 32.1. The Hall–Kier alpha value is -1.46. The summed E-state index contributed by atoms with van der Waals surface area (Å²) in [5.41, 5.74) is 9.76. The maximum absolute atomic E-state index is 5.82. The first-order chi connectivity index (χ1) is 7.81. The summed E-state index contributed by atoms with van der Waals surface area (Å²) in [5, 5.41) is 5.29. The van der Waals surface area contributed by atoms with Crippen molar-refractivity contribution in [2.45, 2.75) is 12.5 Å². The Morgan fingerprint density at radius 1 is 1.50 bits per heavy atom. The molecule has 84 valence electrons. The summed E-state index contributed by atoms with van der Waals surface area (Å²) in [6.45, 7) is 0. The zero-order valence-electron chi connectivity index (χ0n) is 9.05. The Morgan fingerprint density at radius 2 is 2.38 bits per heavy atom. The lowest BCUT2D eigenvalue weighted by molar-refractivity contribution is 0.579. The molecule has 2 aromatic heterocycles. The van der Waals surface area contributed by atoms with Gasteiger partial charge in [0, 0.05) is 11.6 Å². The van der Waals surface area contributed by atoms with Crippen molar-refractivity contribution in [3.05, 3.63) is 40.5 Å². The van der Waals surface area contributed by atoms with Crippen molar-refractivity contribution >= 4 is 17.2 Å². The van der Waals surface area contributed by atoms with Crippen LogP contribution in [-0.2, 0) is 6.42 Å². The van der Waals surface area contributed by atoms with E-state index in [2.05, 4.69) is 15.3 Å². The molecule has 2 aromatic rings. The molecule has 0 aromatic carbocycles. The average molecular weight is 234 g/mol. The number of nitrogens with zero attached hydrogens (tertiary/aromatic N) is 2. The molecule has 0 amide bonds. The van der Waals surface area contributed by atoms with E-state index < -0.39 is 0 Å². The highest BCUT2D eigenvalue weighted by Gasteiger charge is 2.13. The quantitative estimate of drug-likeness (QED) is 0.844. The number of thiazole rings is 1. The Balaban J connectivity index is 2.17. The summed E-state index contributed by atoms with van der Waals surface area (Å²) >= 11 is 1.60. The molecule has 0 bridgehead atoms. The minimum atomic E-state index is 0.192. The third kappa shape index (κ3) is 2.37. The van der Waals surface area contributed by atoms with E-state index in [0.717, 1.165) is 17.7 Å². The minimum absolute atomic E-state index is 0.192. The molecule has 0 aliphatic heterocycles. The van der Waals surface area contributed by atoms with Gasteiger partial charge in [0.1, 0.15) is 5.82 Å². The summed E-state index contributed by atoms with van der Waals surface area (Å²) in [6.07, 6.45) is 2.51. The normalized spacial score (nSPS) is 12.6. The van der Waals surface area contributed by atoms with Gasteiger partial charge in [-0.25, -0.2) is 9.97 Å². The number of hydrogen-bond acceptors (Lipinski definition) is 5. The van der Waals surface area contributed by atoms with Crippen molar-refractivity contribution in [2.24, 2.45) is 0 Å². The first-order valence-electron chi connectivity index (χ1n) is 5.06. The fourth-order valence-electron chi connectivity index (χ4n) is 1.59. The van der Waals surface area contributed by atoms with Gasteiger partial charge in [-0.05, 0) is 25.1 Å².